The van der Waals surface area contributed by atoms with E-state index in [4.69, 9.17) is 32.7 Å². The van der Waals surface area contributed by atoms with E-state index in [0.29, 0.717) is 27.0 Å². The van der Waals surface area contributed by atoms with Crippen molar-refractivity contribution in [3.63, 3.8) is 0 Å². The van der Waals surface area contributed by atoms with E-state index in [1.54, 1.807) is 50.6 Å². The standard InChI is InChI=1S/C21H17Cl2NO3/c1-26-15-6-3-5-13(11-15)16-12-14(9-10-19(16)27-2)21(25)24-18-8-4-7-17(22)20(18)23/h3-12H,1-2H3,(H,24,25). The Hall–Kier alpha value is -2.69. The predicted octanol–water partition coefficient (Wildman–Crippen LogP) is 5.93. The highest BCUT2D eigenvalue weighted by Crippen LogP contribution is 2.34. The summed E-state index contributed by atoms with van der Waals surface area (Å²) in [5.74, 6) is 1.07. The molecule has 138 valence electrons. The minimum Gasteiger partial charge on any atom is -0.497 e. The largest absolute Gasteiger partial charge is 0.497 e. The smallest absolute Gasteiger partial charge is 0.255 e. The first-order valence-electron chi connectivity index (χ1n) is 8.11. The van der Waals surface area contributed by atoms with Crippen LogP contribution in [0.4, 0.5) is 5.69 Å². The zero-order valence-electron chi connectivity index (χ0n) is 14.8. The summed E-state index contributed by atoms with van der Waals surface area (Å²) >= 11 is 12.2. The third kappa shape index (κ3) is 4.18. The molecule has 0 aliphatic rings. The summed E-state index contributed by atoms with van der Waals surface area (Å²) in [6.07, 6.45) is 0. The lowest BCUT2D eigenvalue weighted by atomic mass is 10.0. The summed E-state index contributed by atoms with van der Waals surface area (Å²) in [6, 6.07) is 17.8. The van der Waals surface area contributed by atoms with Gasteiger partial charge in [0.15, 0.2) is 0 Å². The van der Waals surface area contributed by atoms with Gasteiger partial charge in [-0.15, -0.1) is 0 Å². The Morgan fingerprint density at radius 2 is 1.70 bits per heavy atom. The highest BCUT2D eigenvalue weighted by atomic mass is 35.5. The molecular formula is C21H17Cl2NO3. The molecule has 0 heterocycles. The van der Waals surface area contributed by atoms with Crippen molar-refractivity contribution in [2.24, 2.45) is 0 Å². The van der Waals surface area contributed by atoms with Gasteiger partial charge in [-0.1, -0.05) is 41.4 Å². The number of methoxy groups -OCH3 is 2. The van der Waals surface area contributed by atoms with Crippen LogP contribution in [0, 0.1) is 0 Å². The number of ether oxygens (including phenoxy) is 2. The Balaban J connectivity index is 1.97. The zero-order chi connectivity index (χ0) is 19.4. The van der Waals surface area contributed by atoms with Crippen LogP contribution < -0.4 is 14.8 Å². The van der Waals surface area contributed by atoms with Gasteiger partial charge in [-0.2, -0.15) is 0 Å². The van der Waals surface area contributed by atoms with Gasteiger partial charge in [-0.3, -0.25) is 4.79 Å². The fraction of sp³-hybridized carbons (Fsp3) is 0.0952. The molecule has 4 nitrogen and oxygen atoms in total. The molecule has 1 amide bonds. The van der Waals surface area contributed by atoms with E-state index in [-0.39, 0.29) is 5.91 Å². The number of hydrogen-bond donors (Lipinski definition) is 1. The Kier molecular flexibility index (Phi) is 5.89. The first kappa shape index (κ1) is 19.1. The lowest BCUT2D eigenvalue weighted by Gasteiger charge is -2.13. The van der Waals surface area contributed by atoms with Crippen molar-refractivity contribution in [2.75, 3.05) is 19.5 Å². The van der Waals surface area contributed by atoms with E-state index in [1.807, 2.05) is 24.3 Å². The molecule has 0 aromatic heterocycles. The highest BCUT2D eigenvalue weighted by Gasteiger charge is 2.14. The molecule has 0 radical (unpaired) electrons. The van der Waals surface area contributed by atoms with E-state index in [9.17, 15) is 4.79 Å². The minimum atomic E-state index is -0.300. The lowest BCUT2D eigenvalue weighted by molar-refractivity contribution is 0.102. The van der Waals surface area contributed by atoms with Crippen LogP contribution in [0.2, 0.25) is 10.0 Å². The molecule has 0 saturated heterocycles. The van der Waals surface area contributed by atoms with Crippen LogP contribution in [-0.4, -0.2) is 20.1 Å². The van der Waals surface area contributed by atoms with Crippen molar-refractivity contribution in [1.82, 2.24) is 0 Å². The molecule has 1 N–H and O–H groups in total. The molecule has 27 heavy (non-hydrogen) atoms. The van der Waals surface area contributed by atoms with Crippen LogP contribution in [-0.2, 0) is 0 Å². The van der Waals surface area contributed by atoms with E-state index in [0.717, 1.165) is 16.9 Å². The Labute approximate surface area is 167 Å². The number of nitrogens with one attached hydrogen (secondary N) is 1. The first-order valence-corrected chi connectivity index (χ1v) is 8.87. The molecular weight excluding hydrogens is 385 g/mol. The molecule has 3 rings (SSSR count). The summed E-state index contributed by atoms with van der Waals surface area (Å²) in [5.41, 5.74) is 2.57. The lowest BCUT2D eigenvalue weighted by Crippen LogP contribution is -2.12. The van der Waals surface area contributed by atoms with Crippen LogP contribution in [0.1, 0.15) is 10.4 Å². The zero-order valence-corrected chi connectivity index (χ0v) is 16.3. The van der Waals surface area contributed by atoms with E-state index in [2.05, 4.69) is 5.32 Å². The first-order chi connectivity index (χ1) is 13.0. The van der Waals surface area contributed by atoms with Crippen LogP contribution in [0.25, 0.3) is 11.1 Å². The fourth-order valence-electron chi connectivity index (χ4n) is 2.66. The number of amides is 1. The number of rotatable bonds is 5. The monoisotopic (exact) mass is 401 g/mol. The van der Waals surface area contributed by atoms with Crippen molar-refractivity contribution in [3.8, 4) is 22.6 Å². The van der Waals surface area contributed by atoms with Gasteiger partial charge in [0.2, 0.25) is 0 Å². The van der Waals surface area contributed by atoms with Crippen molar-refractivity contribution in [3.05, 3.63) is 76.3 Å². The second-order valence-corrected chi connectivity index (χ2v) is 6.49. The topological polar surface area (TPSA) is 47.6 Å². The van der Waals surface area contributed by atoms with Crippen LogP contribution in [0.3, 0.4) is 0 Å². The molecule has 0 saturated carbocycles. The van der Waals surface area contributed by atoms with Crippen LogP contribution in [0.15, 0.2) is 60.7 Å². The Morgan fingerprint density at radius 1 is 0.926 bits per heavy atom. The molecule has 0 bridgehead atoms. The highest BCUT2D eigenvalue weighted by molar-refractivity contribution is 6.44. The molecule has 0 atom stereocenters. The number of halogens is 2. The molecule has 0 aliphatic carbocycles. The number of carbonyl (C=O) groups excluding carboxylic acids is 1. The van der Waals surface area contributed by atoms with Gasteiger partial charge in [-0.25, -0.2) is 0 Å². The number of benzene rings is 3. The molecule has 0 fully saturated rings. The maximum Gasteiger partial charge on any atom is 0.255 e. The van der Waals surface area contributed by atoms with Crippen molar-refractivity contribution in [1.29, 1.82) is 0 Å². The quantitative estimate of drug-likeness (QED) is 0.576. The molecule has 3 aromatic carbocycles. The van der Waals surface area contributed by atoms with E-state index >= 15 is 0 Å². The second kappa shape index (κ2) is 8.33. The van der Waals surface area contributed by atoms with Gasteiger partial charge in [0, 0.05) is 11.1 Å². The van der Waals surface area contributed by atoms with Gasteiger partial charge in [-0.05, 0) is 48.0 Å². The van der Waals surface area contributed by atoms with Crippen molar-refractivity contribution < 1.29 is 14.3 Å². The van der Waals surface area contributed by atoms with Gasteiger partial charge in [0.05, 0.1) is 30.0 Å². The summed E-state index contributed by atoms with van der Waals surface area (Å²) in [7, 11) is 3.19. The molecule has 0 aliphatic heterocycles. The summed E-state index contributed by atoms with van der Waals surface area (Å²) in [6.45, 7) is 0. The maximum absolute atomic E-state index is 12.7. The molecule has 6 heteroatoms. The second-order valence-electron chi connectivity index (χ2n) is 5.70. The maximum atomic E-state index is 12.7. The van der Waals surface area contributed by atoms with Gasteiger partial charge in [0.1, 0.15) is 11.5 Å². The van der Waals surface area contributed by atoms with Crippen molar-refractivity contribution in [2.45, 2.75) is 0 Å². The van der Waals surface area contributed by atoms with Gasteiger partial charge in [0.25, 0.3) is 5.91 Å². The summed E-state index contributed by atoms with van der Waals surface area (Å²) in [4.78, 5) is 12.7. The normalized spacial score (nSPS) is 10.4. The SMILES string of the molecule is COc1cccc(-c2cc(C(=O)Nc3cccc(Cl)c3Cl)ccc2OC)c1. The van der Waals surface area contributed by atoms with Gasteiger partial charge < -0.3 is 14.8 Å². The molecule has 3 aromatic rings. The van der Waals surface area contributed by atoms with E-state index < -0.39 is 0 Å². The average Bonchev–Trinajstić information content (AvgIpc) is 2.71. The number of anilines is 1. The Bertz CT molecular complexity index is 989. The summed E-state index contributed by atoms with van der Waals surface area (Å²) in [5, 5.41) is 3.46. The van der Waals surface area contributed by atoms with Gasteiger partial charge >= 0.3 is 0 Å². The summed E-state index contributed by atoms with van der Waals surface area (Å²) < 4.78 is 10.7. The number of carbonyl (C=O) groups is 1. The Morgan fingerprint density at radius 3 is 2.44 bits per heavy atom. The molecule has 0 unspecified atom stereocenters. The van der Waals surface area contributed by atoms with Crippen molar-refractivity contribution >= 4 is 34.8 Å². The fourth-order valence-corrected chi connectivity index (χ4v) is 3.01. The van der Waals surface area contributed by atoms with Crippen LogP contribution in [0.5, 0.6) is 11.5 Å². The minimum absolute atomic E-state index is 0.300. The average molecular weight is 402 g/mol. The van der Waals surface area contributed by atoms with Crippen LogP contribution >= 0.6 is 23.2 Å². The third-order valence-corrected chi connectivity index (χ3v) is 4.86. The predicted molar refractivity (Wildman–Crippen MR) is 109 cm³/mol. The third-order valence-electron chi connectivity index (χ3n) is 4.04. The number of hydrogen-bond acceptors (Lipinski definition) is 3. The molecule has 0 spiro atoms. The van der Waals surface area contributed by atoms with E-state index in [1.165, 1.54) is 0 Å².